The van der Waals surface area contributed by atoms with E-state index in [1.54, 1.807) is 0 Å². The summed E-state index contributed by atoms with van der Waals surface area (Å²) in [5.41, 5.74) is 2.69. The van der Waals surface area contributed by atoms with Crippen molar-refractivity contribution in [2.75, 3.05) is 32.8 Å². The summed E-state index contributed by atoms with van der Waals surface area (Å²) in [6.45, 7) is 6.01. The van der Waals surface area contributed by atoms with Gasteiger partial charge in [-0.2, -0.15) is 0 Å². The van der Waals surface area contributed by atoms with E-state index in [2.05, 4.69) is 60.0 Å². The minimum absolute atomic E-state index is 0. The van der Waals surface area contributed by atoms with Crippen LogP contribution in [-0.4, -0.2) is 44.9 Å². The normalized spacial score (nSPS) is 19.9. The molecule has 6 heteroatoms. The van der Waals surface area contributed by atoms with Gasteiger partial charge in [0.2, 0.25) is 0 Å². The van der Waals surface area contributed by atoms with E-state index in [1.165, 1.54) is 11.1 Å². The Labute approximate surface area is 196 Å². The van der Waals surface area contributed by atoms with Crippen LogP contribution in [0.3, 0.4) is 0 Å². The molecule has 0 amide bonds. The summed E-state index contributed by atoms with van der Waals surface area (Å²) in [5, 5.41) is 6.88. The highest BCUT2D eigenvalue weighted by Gasteiger charge is 2.34. The number of benzene rings is 2. The minimum atomic E-state index is 0. The summed E-state index contributed by atoms with van der Waals surface area (Å²) in [7, 11) is 0. The van der Waals surface area contributed by atoms with Gasteiger partial charge in [0.15, 0.2) is 5.96 Å². The van der Waals surface area contributed by atoms with Crippen molar-refractivity contribution in [3.05, 3.63) is 65.7 Å². The lowest BCUT2D eigenvalue weighted by molar-refractivity contribution is 0.0531. The Bertz CT molecular complexity index is 797. The van der Waals surface area contributed by atoms with Crippen molar-refractivity contribution in [1.82, 2.24) is 10.6 Å². The highest BCUT2D eigenvalue weighted by molar-refractivity contribution is 14.0. The van der Waals surface area contributed by atoms with Crippen LogP contribution < -0.4 is 15.4 Å². The largest absolute Gasteiger partial charge is 0.488 e. The average molecular weight is 521 g/mol. The van der Waals surface area contributed by atoms with Crippen molar-refractivity contribution >= 4 is 29.9 Å². The molecule has 162 valence electrons. The molecule has 1 atom stereocenters. The highest BCUT2D eigenvalue weighted by atomic mass is 127. The first-order valence-corrected chi connectivity index (χ1v) is 10.7. The predicted molar refractivity (Wildman–Crippen MR) is 132 cm³/mol. The maximum atomic E-state index is 6.06. The number of ether oxygens (including phenoxy) is 2. The van der Waals surface area contributed by atoms with E-state index in [0.717, 1.165) is 63.8 Å². The Kier molecular flexibility index (Phi) is 8.39. The summed E-state index contributed by atoms with van der Waals surface area (Å²) in [6, 6.07) is 19.1. The first-order chi connectivity index (χ1) is 14.3. The van der Waals surface area contributed by atoms with E-state index in [9.17, 15) is 0 Å². The summed E-state index contributed by atoms with van der Waals surface area (Å²) >= 11 is 0. The van der Waals surface area contributed by atoms with E-state index < -0.39 is 0 Å². The van der Waals surface area contributed by atoms with Crippen molar-refractivity contribution in [2.45, 2.75) is 37.7 Å². The van der Waals surface area contributed by atoms with Gasteiger partial charge < -0.3 is 20.1 Å². The number of rotatable bonds is 6. The fourth-order valence-corrected chi connectivity index (χ4v) is 4.24. The van der Waals surface area contributed by atoms with Crippen molar-refractivity contribution in [2.24, 2.45) is 4.99 Å². The number of hydrogen-bond acceptors (Lipinski definition) is 3. The molecule has 2 heterocycles. The summed E-state index contributed by atoms with van der Waals surface area (Å²) < 4.78 is 11.7. The lowest BCUT2D eigenvalue weighted by atomic mass is 9.74. The van der Waals surface area contributed by atoms with Gasteiger partial charge in [-0.3, -0.25) is 4.99 Å². The molecule has 0 aromatic heterocycles. The quantitative estimate of drug-likeness (QED) is 0.344. The smallest absolute Gasteiger partial charge is 0.191 e. The molecular formula is C24H32IN3O2. The number of nitrogens with zero attached hydrogens (tertiary/aromatic N) is 1. The van der Waals surface area contributed by atoms with E-state index >= 15 is 0 Å². The van der Waals surface area contributed by atoms with E-state index in [0.29, 0.717) is 0 Å². The van der Waals surface area contributed by atoms with Crippen molar-refractivity contribution in [3.63, 3.8) is 0 Å². The number of para-hydroxylation sites is 1. The molecule has 0 bridgehead atoms. The third kappa shape index (κ3) is 5.46. The fourth-order valence-electron chi connectivity index (χ4n) is 4.24. The Balaban J connectivity index is 0.00000256. The maximum Gasteiger partial charge on any atom is 0.191 e. The molecule has 1 saturated heterocycles. The monoisotopic (exact) mass is 521 g/mol. The molecule has 0 radical (unpaired) electrons. The maximum absolute atomic E-state index is 6.06. The molecule has 2 aromatic rings. The Morgan fingerprint density at radius 3 is 2.50 bits per heavy atom. The van der Waals surface area contributed by atoms with Crippen LogP contribution in [0.2, 0.25) is 0 Å². The minimum Gasteiger partial charge on any atom is -0.488 e. The van der Waals surface area contributed by atoms with Gasteiger partial charge in [-0.25, -0.2) is 0 Å². The topological polar surface area (TPSA) is 54.9 Å². The number of hydrogen-bond donors (Lipinski definition) is 2. The first-order valence-electron chi connectivity index (χ1n) is 10.7. The van der Waals surface area contributed by atoms with Gasteiger partial charge in [-0.1, -0.05) is 48.5 Å². The second-order valence-electron chi connectivity index (χ2n) is 7.89. The molecular weight excluding hydrogens is 489 g/mol. The number of aliphatic imine (C=N–C) groups is 1. The second-order valence-corrected chi connectivity index (χ2v) is 7.89. The van der Waals surface area contributed by atoms with Crippen LogP contribution in [0.15, 0.2) is 59.6 Å². The lowest BCUT2D eigenvalue weighted by Crippen LogP contribution is -2.44. The summed E-state index contributed by atoms with van der Waals surface area (Å²) in [6.07, 6.45) is 3.08. The van der Waals surface area contributed by atoms with Gasteiger partial charge in [-0.15, -0.1) is 24.0 Å². The Morgan fingerprint density at radius 2 is 1.77 bits per heavy atom. The molecule has 30 heavy (non-hydrogen) atoms. The molecule has 2 N–H and O–H groups in total. The lowest BCUT2D eigenvalue weighted by Gasteiger charge is -2.36. The molecule has 0 aliphatic carbocycles. The number of nitrogens with one attached hydrogen (secondary N) is 2. The number of halogens is 1. The predicted octanol–water partition coefficient (Wildman–Crippen LogP) is 3.91. The van der Waals surface area contributed by atoms with Gasteiger partial charge in [0.1, 0.15) is 11.9 Å². The number of guanidine groups is 1. The van der Waals surface area contributed by atoms with Gasteiger partial charge in [0.25, 0.3) is 0 Å². The standard InChI is InChI=1S/C24H31N3O2.HI/c1-2-25-23(26-17-21-16-19-8-6-7-11-22(19)29-21)27-18-24(12-14-28-15-13-24)20-9-4-3-5-10-20;/h3-11,21H,2,12-18H2,1H3,(H2,25,26,27);1H. The molecule has 0 saturated carbocycles. The van der Waals surface area contributed by atoms with Crippen molar-refractivity contribution in [1.29, 1.82) is 0 Å². The van der Waals surface area contributed by atoms with E-state index in [1.807, 2.05) is 12.1 Å². The summed E-state index contributed by atoms with van der Waals surface area (Å²) in [5.74, 6) is 1.86. The molecule has 2 aliphatic rings. The van der Waals surface area contributed by atoms with Gasteiger partial charge >= 0.3 is 0 Å². The van der Waals surface area contributed by atoms with Crippen LogP contribution in [0.25, 0.3) is 0 Å². The molecule has 2 aliphatic heterocycles. The fraction of sp³-hybridized carbons (Fsp3) is 0.458. The SMILES string of the molecule is CCNC(=NCC1(c2ccccc2)CCOCC1)NCC1Cc2ccccc2O1.I. The number of fused-ring (bicyclic) bond motifs is 1. The van der Waals surface area contributed by atoms with Crippen LogP contribution in [0, 0.1) is 0 Å². The van der Waals surface area contributed by atoms with Crippen LogP contribution in [0.1, 0.15) is 30.9 Å². The van der Waals surface area contributed by atoms with Crippen molar-refractivity contribution < 1.29 is 9.47 Å². The Hall–Kier alpha value is -1.80. The molecule has 4 rings (SSSR count). The van der Waals surface area contributed by atoms with Gasteiger partial charge in [-0.05, 0) is 37.0 Å². The molecule has 0 spiro atoms. The molecule has 1 fully saturated rings. The van der Waals surface area contributed by atoms with Crippen LogP contribution in [0.5, 0.6) is 5.75 Å². The van der Waals surface area contributed by atoms with Crippen LogP contribution in [0.4, 0.5) is 0 Å². The zero-order valence-corrected chi connectivity index (χ0v) is 19.9. The first kappa shape index (κ1) is 22.9. The zero-order chi connectivity index (χ0) is 19.9. The highest BCUT2D eigenvalue weighted by Crippen LogP contribution is 2.35. The summed E-state index contributed by atoms with van der Waals surface area (Å²) in [4.78, 5) is 4.98. The van der Waals surface area contributed by atoms with E-state index in [-0.39, 0.29) is 35.5 Å². The van der Waals surface area contributed by atoms with Crippen LogP contribution in [-0.2, 0) is 16.6 Å². The molecule has 5 nitrogen and oxygen atoms in total. The van der Waals surface area contributed by atoms with Crippen molar-refractivity contribution in [3.8, 4) is 5.75 Å². The third-order valence-corrected chi connectivity index (χ3v) is 5.93. The van der Waals surface area contributed by atoms with Gasteiger partial charge in [0, 0.05) is 31.6 Å². The molecule has 1 unspecified atom stereocenters. The third-order valence-electron chi connectivity index (χ3n) is 5.93. The second kappa shape index (κ2) is 11.0. The zero-order valence-electron chi connectivity index (χ0n) is 17.6. The average Bonchev–Trinajstić information content (AvgIpc) is 3.20. The van der Waals surface area contributed by atoms with Crippen LogP contribution >= 0.6 is 24.0 Å². The van der Waals surface area contributed by atoms with E-state index in [4.69, 9.17) is 14.5 Å². The van der Waals surface area contributed by atoms with Gasteiger partial charge in [0.05, 0.1) is 13.1 Å². The molecule has 2 aromatic carbocycles. The Morgan fingerprint density at radius 1 is 1.03 bits per heavy atom.